The smallest absolute Gasteiger partial charge is 0.313 e. The summed E-state index contributed by atoms with van der Waals surface area (Å²) in [7, 11) is 0. The number of fused-ring (bicyclic) bond motifs is 3. The molecule has 4 bridgehead atoms. The van der Waals surface area contributed by atoms with Gasteiger partial charge in [0.25, 0.3) is 5.91 Å². The Kier molecular flexibility index (Phi) is 7.22. The number of esters is 1. The van der Waals surface area contributed by atoms with Crippen molar-refractivity contribution >= 4 is 29.0 Å². The van der Waals surface area contributed by atoms with Crippen LogP contribution in [-0.4, -0.2) is 63.2 Å². The molecule has 2 aromatic rings. The van der Waals surface area contributed by atoms with Gasteiger partial charge in [-0.05, 0) is 112 Å². The van der Waals surface area contributed by atoms with Crippen molar-refractivity contribution in [2.75, 3.05) is 13.1 Å². The molecule has 0 radical (unpaired) electrons. The van der Waals surface area contributed by atoms with Gasteiger partial charge in [0.1, 0.15) is 0 Å². The van der Waals surface area contributed by atoms with Crippen LogP contribution in [0.1, 0.15) is 108 Å². The van der Waals surface area contributed by atoms with E-state index < -0.39 is 44.4 Å². The molecule has 278 valence electrons. The SMILES string of the molecule is CC12CCC(C(=O)N(CCc3cccs3)CC3(O)CCC4C56C=CC7(C=C5C(=O)c5ccco5)CC(O)CCC7(C)C6CCC43C)(OC1=O)C2(C)C. The minimum Gasteiger partial charge on any atom is -0.461 e. The summed E-state index contributed by atoms with van der Waals surface area (Å²) in [6.07, 6.45) is 14.6. The molecule has 52 heavy (non-hydrogen) atoms. The van der Waals surface area contributed by atoms with Gasteiger partial charge in [-0.3, -0.25) is 14.4 Å². The van der Waals surface area contributed by atoms with Gasteiger partial charge < -0.3 is 24.3 Å². The number of carbonyl (C=O) groups is 3. The number of amides is 1. The van der Waals surface area contributed by atoms with Crippen LogP contribution in [0.2, 0.25) is 0 Å². The number of Topliss-reactive ketones (excluding diaryl/α,β-unsaturated/α-hetero) is 1. The zero-order chi connectivity index (χ0) is 36.7. The first-order valence-electron chi connectivity index (χ1n) is 19.5. The molecule has 10 rings (SSSR count). The maximum absolute atomic E-state index is 15.1. The third-order valence-electron chi connectivity index (χ3n) is 17.1. The highest BCUT2D eigenvalue weighted by Crippen LogP contribution is 2.78. The van der Waals surface area contributed by atoms with Crippen molar-refractivity contribution in [3.63, 3.8) is 0 Å². The van der Waals surface area contributed by atoms with Gasteiger partial charge in [-0.25, -0.2) is 0 Å². The van der Waals surface area contributed by atoms with Gasteiger partial charge in [0.15, 0.2) is 11.4 Å². The lowest BCUT2D eigenvalue weighted by Crippen LogP contribution is -2.68. The number of nitrogens with zero attached hydrogens (tertiary/aromatic N) is 1. The van der Waals surface area contributed by atoms with E-state index in [9.17, 15) is 19.8 Å². The fraction of sp³-hybridized carbons (Fsp3) is 0.651. The molecule has 5 fully saturated rings. The first-order chi connectivity index (χ1) is 24.5. The van der Waals surface area contributed by atoms with Gasteiger partial charge in [0, 0.05) is 38.7 Å². The van der Waals surface area contributed by atoms with Crippen molar-refractivity contribution in [1.29, 1.82) is 0 Å². The molecule has 4 saturated carbocycles. The van der Waals surface area contributed by atoms with Gasteiger partial charge in [-0.2, -0.15) is 0 Å². The van der Waals surface area contributed by atoms with E-state index in [1.165, 1.54) is 0 Å². The first-order valence-corrected chi connectivity index (χ1v) is 20.4. The van der Waals surface area contributed by atoms with E-state index in [0.717, 1.165) is 36.1 Å². The third kappa shape index (κ3) is 3.98. The second-order valence-corrected chi connectivity index (χ2v) is 19.9. The lowest BCUT2D eigenvalue weighted by Gasteiger charge is -2.71. The molecular formula is C43H53NO7S. The minimum absolute atomic E-state index is 0.0601. The maximum Gasteiger partial charge on any atom is 0.313 e. The number of ether oxygens (including phenoxy) is 1. The van der Waals surface area contributed by atoms with Crippen molar-refractivity contribution in [2.24, 2.45) is 44.3 Å². The molecule has 1 amide bonds. The fourth-order valence-corrected chi connectivity index (χ4v) is 14.1. The molecule has 0 aromatic carbocycles. The molecule has 1 saturated heterocycles. The van der Waals surface area contributed by atoms with E-state index in [1.54, 1.807) is 29.7 Å². The van der Waals surface area contributed by atoms with E-state index in [0.29, 0.717) is 50.8 Å². The van der Waals surface area contributed by atoms with Crippen molar-refractivity contribution in [3.05, 3.63) is 70.3 Å². The summed E-state index contributed by atoms with van der Waals surface area (Å²) >= 11 is 1.66. The standard InChI is InChI=1S/C43H53NO7S/c1-36(2)39(5)17-20-43(36,51-35(39)48)34(47)44(21-13-28-8-7-23-52-28)26-41(49)16-12-32-38(41,4)15-11-31-37(3)14-10-27(45)24-40(37)18-19-42(31,32)29(25-40)33(46)30-9-6-22-50-30/h6-9,18-19,22-23,25,27,31-32,45,49H,10-17,20-21,24,26H2,1-5H3. The predicted molar refractivity (Wildman–Crippen MR) is 196 cm³/mol. The number of aliphatic hydroxyl groups is 2. The summed E-state index contributed by atoms with van der Waals surface area (Å²) in [6.45, 7) is 11.0. The van der Waals surface area contributed by atoms with Crippen molar-refractivity contribution < 1.29 is 33.8 Å². The third-order valence-corrected chi connectivity index (χ3v) is 18.0. The Morgan fingerprint density at radius 1 is 0.942 bits per heavy atom. The summed E-state index contributed by atoms with van der Waals surface area (Å²) in [5, 5.41) is 26.3. The minimum atomic E-state index is -1.27. The van der Waals surface area contributed by atoms with Crippen LogP contribution in [0.25, 0.3) is 0 Å². The van der Waals surface area contributed by atoms with Crippen LogP contribution in [0.5, 0.6) is 0 Å². The van der Waals surface area contributed by atoms with E-state index in [4.69, 9.17) is 9.15 Å². The zero-order valence-electron chi connectivity index (χ0n) is 31.2. The van der Waals surface area contributed by atoms with Crippen molar-refractivity contribution in [1.82, 2.24) is 4.90 Å². The summed E-state index contributed by atoms with van der Waals surface area (Å²) in [6, 6.07) is 7.58. The van der Waals surface area contributed by atoms with Gasteiger partial charge in [0.2, 0.25) is 5.78 Å². The molecule has 8 nitrogen and oxygen atoms in total. The van der Waals surface area contributed by atoms with Crippen LogP contribution in [0.4, 0.5) is 0 Å². The van der Waals surface area contributed by atoms with Crippen LogP contribution < -0.4 is 0 Å². The Morgan fingerprint density at radius 2 is 1.69 bits per heavy atom. The first kappa shape index (κ1) is 34.7. The number of aliphatic hydroxyl groups excluding tert-OH is 1. The number of hydrogen-bond donors (Lipinski definition) is 2. The fourth-order valence-electron chi connectivity index (χ4n) is 13.4. The highest BCUT2D eigenvalue weighted by molar-refractivity contribution is 7.09. The highest BCUT2D eigenvalue weighted by atomic mass is 32.1. The number of ketones is 1. The van der Waals surface area contributed by atoms with E-state index in [-0.39, 0.29) is 41.5 Å². The van der Waals surface area contributed by atoms with Crippen LogP contribution in [-0.2, 0) is 20.7 Å². The monoisotopic (exact) mass is 727 g/mol. The van der Waals surface area contributed by atoms with Crippen molar-refractivity contribution in [2.45, 2.75) is 116 Å². The number of rotatable bonds is 8. The summed E-state index contributed by atoms with van der Waals surface area (Å²) in [5.41, 5.74) is -5.03. The topological polar surface area (TPSA) is 117 Å². The molecule has 9 heteroatoms. The predicted octanol–water partition coefficient (Wildman–Crippen LogP) is 7.31. The number of carbonyl (C=O) groups excluding carboxylic acids is 3. The highest BCUT2D eigenvalue weighted by Gasteiger charge is 2.78. The van der Waals surface area contributed by atoms with Crippen LogP contribution in [0.15, 0.2) is 64.1 Å². The number of furan rings is 1. The second kappa shape index (κ2) is 10.8. The Morgan fingerprint density at radius 3 is 2.37 bits per heavy atom. The molecule has 10 atom stereocenters. The normalized spacial score (nSPS) is 44.9. The summed E-state index contributed by atoms with van der Waals surface area (Å²) in [5.74, 6) is -0.199. The number of allylic oxidation sites excluding steroid dienone is 4. The lowest BCUT2D eigenvalue weighted by atomic mass is 9.32. The van der Waals surface area contributed by atoms with Crippen LogP contribution in [0.3, 0.4) is 0 Å². The quantitative estimate of drug-likeness (QED) is 0.166. The lowest BCUT2D eigenvalue weighted by molar-refractivity contribution is -0.187. The average Bonchev–Trinajstić information content (AvgIpc) is 3.93. The van der Waals surface area contributed by atoms with Gasteiger partial charge >= 0.3 is 5.97 Å². The van der Waals surface area contributed by atoms with Gasteiger partial charge in [-0.1, -0.05) is 52.0 Å². The Hall–Kier alpha value is -3.01. The van der Waals surface area contributed by atoms with Crippen molar-refractivity contribution in [3.8, 4) is 0 Å². The number of thiophene rings is 1. The van der Waals surface area contributed by atoms with E-state index >= 15 is 4.79 Å². The van der Waals surface area contributed by atoms with Crippen LogP contribution >= 0.6 is 11.3 Å². The Labute approximate surface area is 310 Å². The van der Waals surface area contributed by atoms with Crippen LogP contribution in [0, 0.1) is 44.3 Å². The molecule has 1 aliphatic heterocycles. The zero-order valence-corrected chi connectivity index (χ0v) is 32.0. The molecular weight excluding hydrogens is 675 g/mol. The van der Waals surface area contributed by atoms with E-state index in [1.807, 2.05) is 37.1 Å². The molecule has 10 unspecified atom stereocenters. The second-order valence-electron chi connectivity index (χ2n) is 18.8. The largest absolute Gasteiger partial charge is 0.461 e. The molecule has 2 aromatic heterocycles. The Balaban J connectivity index is 1.11. The average molecular weight is 728 g/mol. The molecule has 7 aliphatic carbocycles. The Bertz CT molecular complexity index is 1900. The maximum atomic E-state index is 15.1. The van der Waals surface area contributed by atoms with E-state index in [2.05, 4.69) is 38.1 Å². The molecule has 2 spiro atoms. The summed E-state index contributed by atoms with van der Waals surface area (Å²) in [4.78, 5) is 46.0. The molecule has 8 aliphatic rings. The molecule has 2 N–H and O–H groups in total. The summed E-state index contributed by atoms with van der Waals surface area (Å²) < 4.78 is 11.9. The molecule has 3 heterocycles. The van der Waals surface area contributed by atoms with Gasteiger partial charge in [0.05, 0.1) is 29.9 Å². The number of hydrogen-bond acceptors (Lipinski definition) is 8. The van der Waals surface area contributed by atoms with Gasteiger partial charge in [-0.15, -0.1) is 11.3 Å².